The average molecular weight is 198 g/mol. The van der Waals surface area contributed by atoms with Crippen LogP contribution in [-0.2, 0) is 18.4 Å². The van der Waals surface area contributed by atoms with Gasteiger partial charge in [0.05, 0.1) is 12.5 Å². The van der Waals surface area contributed by atoms with Gasteiger partial charge in [-0.3, -0.25) is 4.79 Å². The number of aliphatic carboxylic acids is 1. The number of hydrogen-bond acceptors (Lipinski definition) is 4. The maximum atomic E-state index is 10.5. The number of nitrogens with one attached hydrogen (secondary N) is 1. The van der Waals surface area contributed by atoms with E-state index in [1.54, 1.807) is 17.8 Å². The first-order valence-electron chi connectivity index (χ1n) is 4.37. The topological polar surface area (TPSA) is 80.0 Å². The standard InChI is InChI=1S/C8H14N4O2/c1-6(8(13)14)3-9-4-7-11-10-5-12(7)2/h5-6,9H,3-4H2,1-2H3,(H,13,14). The number of nitrogens with zero attached hydrogens (tertiary/aromatic N) is 3. The molecule has 2 N–H and O–H groups in total. The summed E-state index contributed by atoms with van der Waals surface area (Å²) in [4.78, 5) is 10.5. The van der Waals surface area contributed by atoms with Gasteiger partial charge in [-0.15, -0.1) is 10.2 Å². The van der Waals surface area contributed by atoms with E-state index in [1.807, 2.05) is 7.05 Å². The molecular weight excluding hydrogens is 184 g/mol. The second-order valence-electron chi connectivity index (χ2n) is 3.23. The Balaban J connectivity index is 2.29. The fourth-order valence-corrected chi connectivity index (χ4v) is 0.955. The van der Waals surface area contributed by atoms with Crippen molar-refractivity contribution in [3.8, 4) is 0 Å². The van der Waals surface area contributed by atoms with Crippen molar-refractivity contribution >= 4 is 5.97 Å². The van der Waals surface area contributed by atoms with Crippen LogP contribution in [0, 0.1) is 5.92 Å². The minimum absolute atomic E-state index is 0.386. The summed E-state index contributed by atoms with van der Waals surface area (Å²) in [6.45, 7) is 2.63. The van der Waals surface area contributed by atoms with Gasteiger partial charge in [-0.05, 0) is 0 Å². The van der Waals surface area contributed by atoms with Crippen LogP contribution in [0.15, 0.2) is 6.33 Å². The highest BCUT2D eigenvalue weighted by Crippen LogP contribution is 1.94. The van der Waals surface area contributed by atoms with Gasteiger partial charge in [0, 0.05) is 13.6 Å². The molecule has 1 aromatic heterocycles. The Bertz CT molecular complexity index is 310. The molecule has 0 fully saturated rings. The third-order valence-electron chi connectivity index (χ3n) is 1.96. The third kappa shape index (κ3) is 2.81. The Morgan fingerprint density at radius 1 is 1.79 bits per heavy atom. The number of aryl methyl sites for hydroxylation is 1. The third-order valence-corrected chi connectivity index (χ3v) is 1.96. The molecule has 0 amide bonds. The Kier molecular flexibility index (Phi) is 3.58. The van der Waals surface area contributed by atoms with E-state index in [0.29, 0.717) is 13.1 Å². The molecule has 0 radical (unpaired) electrons. The molecule has 0 saturated carbocycles. The predicted molar refractivity (Wildman–Crippen MR) is 49.5 cm³/mol. The summed E-state index contributed by atoms with van der Waals surface area (Å²) in [6.07, 6.45) is 1.61. The van der Waals surface area contributed by atoms with Crippen molar-refractivity contribution < 1.29 is 9.90 Å². The van der Waals surface area contributed by atoms with Gasteiger partial charge in [0.25, 0.3) is 0 Å². The van der Waals surface area contributed by atoms with Crippen molar-refractivity contribution in [2.24, 2.45) is 13.0 Å². The molecule has 1 atom stereocenters. The van der Waals surface area contributed by atoms with Gasteiger partial charge in [0.2, 0.25) is 0 Å². The molecule has 6 nitrogen and oxygen atoms in total. The fraction of sp³-hybridized carbons (Fsp3) is 0.625. The van der Waals surface area contributed by atoms with Gasteiger partial charge in [-0.25, -0.2) is 0 Å². The lowest BCUT2D eigenvalue weighted by molar-refractivity contribution is -0.140. The minimum Gasteiger partial charge on any atom is -0.481 e. The molecule has 0 aliphatic carbocycles. The summed E-state index contributed by atoms with van der Waals surface area (Å²) in [5, 5.41) is 19.2. The Morgan fingerprint density at radius 2 is 2.50 bits per heavy atom. The molecule has 0 bridgehead atoms. The lowest BCUT2D eigenvalue weighted by atomic mass is 10.2. The molecule has 14 heavy (non-hydrogen) atoms. The zero-order valence-electron chi connectivity index (χ0n) is 8.27. The number of carboxylic acid groups (broad SMARTS) is 1. The molecule has 0 aliphatic heterocycles. The molecular formula is C8H14N4O2. The lowest BCUT2D eigenvalue weighted by Gasteiger charge is -2.07. The van der Waals surface area contributed by atoms with E-state index in [4.69, 9.17) is 5.11 Å². The number of aromatic nitrogens is 3. The van der Waals surface area contributed by atoms with Crippen LogP contribution in [0.4, 0.5) is 0 Å². The van der Waals surface area contributed by atoms with E-state index in [1.165, 1.54) is 0 Å². The highest BCUT2D eigenvalue weighted by atomic mass is 16.4. The zero-order chi connectivity index (χ0) is 10.6. The summed E-state index contributed by atoms with van der Waals surface area (Å²) in [7, 11) is 1.84. The van der Waals surface area contributed by atoms with Gasteiger partial charge in [0.15, 0.2) is 0 Å². The number of rotatable bonds is 5. The first-order valence-corrected chi connectivity index (χ1v) is 4.37. The van der Waals surface area contributed by atoms with Crippen LogP contribution in [0.2, 0.25) is 0 Å². The van der Waals surface area contributed by atoms with Crippen molar-refractivity contribution in [1.29, 1.82) is 0 Å². The summed E-state index contributed by atoms with van der Waals surface area (Å²) in [6, 6.07) is 0. The van der Waals surface area contributed by atoms with E-state index >= 15 is 0 Å². The molecule has 0 aliphatic rings. The largest absolute Gasteiger partial charge is 0.481 e. The average Bonchev–Trinajstić information content (AvgIpc) is 2.51. The molecule has 1 rings (SSSR count). The normalized spacial score (nSPS) is 12.7. The van der Waals surface area contributed by atoms with E-state index in [0.717, 1.165) is 5.82 Å². The van der Waals surface area contributed by atoms with E-state index in [2.05, 4.69) is 15.5 Å². The Labute approximate surface area is 82.0 Å². The van der Waals surface area contributed by atoms with E-state index in [9.17, 15) is 4.79 Å². The Morgan fingerprint density at radius 3 is 3.00 bits per heavy atom. The van der Waals surface area contributed by atoms with Crippen molar-refractivity contribution in [1.82, 2.24) is 20.1 Å². The molecule has 0 spiro atoms. The molecule has 6 heteroatoms. The molecule has 1 aromatic rings. The highest BCUT2D eigenvalue weighted by Gasteiger charge is 2.10. The predicted octanol–water partition coefficient (Wildman–Crippen LogP) is -0.375. The summed E-state index contributed by atoms with van der Waals surface area (Å²) in [5.41, 5.74) is 0. The van der Waals surface area contributed by atoms with Crippen LogP contribution in [-0.4, -0.2) is 32.4 Å². The van der Waals surface area contributed by atoms with Gasteiger partial charge >= 0.3 is 5.97 Å². The number of carboxylic acids is 1. The SMILES string of the molecule is CC(CNCc1nncn1C)C(=O)O. The number of hydrogen-bond donors (Lipinski definition) is 2. The highest BCUT2D eigenvalue weighted by molar-refractivity contribution is 5.69. The molecule has 1 unspecified atom stereocenters. The van der Waals surface area contributed by atoms with Gasteiger partial charge in [0.1, 0.15) is 12.2 Å². The Hall–Kier alpha value is -1.43. The maximum absolute atomic E-state index is 10.5. The van der Waals surface area contributed by atoms with Crippen LogP contribution in [0.3, 0.4) is 0 Å². The molecule has 0 aromatic carbocycles. The molecule has 0 saturated heterocycles. The van der Waals surface area contributed by atoms with Gasteiger partial charge < -0.3 is 15.0 Å². The second-order valence-corrected chi connectivity index (χ2v) is 3.23. The maximum Gasteiger partial charge on any atom is 0.307 e. The summed E-state index contributed by atoms with van der Waals surface area (Å²) in [5.74, 6) is -0.388. The van der Waals surface area contributed by atoms with Crippen molar-refractivity contribution in [2.75, 3.05) is 6.54 Å². The van der Waals surface area contributed by atoms with E-state index < -0.39 is 5.97 Å². The smallest absolute Gasteiger partial charge is 0.307 e. The van der Waals surface area contributed by atoms with Crippen molar-refractivity contribution in [2.45, 2.75) is 13.5 Å². The quantitative estimate of drug-likeness (QED) is 0.674. The van der Waals surface area contributed by atoms with Crippen molar-refractivity contribution in [3.63, 3.8) is 0 Å². The van der Waals surface area contributed by atoms with Crippen LogP contribution >= 0.6 is 0 Å². The van der Waals surface area contributed by atoms with Gasteiger partial charge in [-0.1, -0.05) is 6.92 Å². The monoisotopic (exact) mass is 198 g/mol. The molecule has 78 valence electrons. The van der Waals surface area contributed by atoms with Crippen LogP contribution < -0.4 is 5.32 Å². The fourth-order valence-electron chi connectivity index (χ4n) is 0.955. The summed E-state index contributed by atoms with van der Waals surface area (Å²) >= 11 is 0. The van der Waals surface area contributed by atoms with Crippen molar-refractivity contribution in [3.05, 3.63) is 12.2 Å². The van der Waals surface area contributed by atoms with Crippen LogP contribution in [0.5, 0.6) is 0 Å². The molecule has 1 heterocycles. The second kappa shape index (κ2) is 4.71. The van der Waals surface area contributed by atoms with E-state index in [-0.39, 0.29) is 5.92 Å². The lowest BCUT2D eigenvalue weighted by Crippen LogP contribution is -2.26. The van der Waals surface area contributed by atoms with Gasteiger partial charge in [-0.2, -0.15) is 0 Å². The first-order chi connectivity index (χ1) is 6.61. The summed E-state index contributed by atoms with van der Waals surface area (Å²) < 4.78 is 1.79. The number of carbonyl (C=O) groups is 1. The first kappa shape index (κ1) is 10.6. The zero-order valence-corrected chi connectivity index (χ0v) is 8.27. The van der Waals surface area contributed by atoms with Crippen LogP contribution in [0.25, 0.3) is 0 Å². The van der Waals surface area contributed by atoms with Crippen LogP contribution in [0.1, 0.15) is 12.7 Å². The minimum atomic E-state index is -0.796.